The number of fused-ring (bicyclic) bond motifs is 7. The minimum atomic E-state index is -2.96. The summed E-state index contributed by atoms with van der Waals surface area (Å²) in [5, 5.41) is 5.14. The summed E-state index contributed by atoms with van der Waals surface area (Å²) in [7, 11) is -2.96. The largest absolute Gasteiger partial charge is 0.310 e. The van der Waals surface area contributed by atoms with Gasteiger partial charge in [-0.25, -0.2) is 0 Å². The summed E-state index contributed by atoms with van der Waals surface area (Å²) in [6, 6.07) is 120. The van der Waals surface area contributed by atoms with Crippen molar-refractivity contribution in [2.24, 2.45) is 0 Å². The van der Waals surface area contributed by atoms with E-state index in [2.05, 4.69) is 385 Å². The number of hydrogen-bond acceptors (Lipinski definition) is 2. The Hall–Kier alpha value is -12.8. The first-order valence-electron chi connectivity index (χ1n) is 41.7. The van der Waals surface area contributed by atoms with E-state index in [0.717, 1.165) is 123 Å². The van der Waals surface area contributed by atoms with Gasteiger partial charge < -0.3 is 14.4 Å². The fourth-order valence-electron chi connectivity index (χ4n) is 17.2. The molecule has 3 nitrogen and oxygen atoms in total. The molecule has 0 aliphatic carbocycles. The maximum atomic E-state index is 9.91. The quantitative estimate of drug-likeness (QED) is 0.0842. The van der Waals surface area contributed by atoms with Crippen LogP contribution in [0.4, 0.5) is 34.1 Å². The van der Waals surface area contributed by atoms with Gasteiger partial charge in [-0.05, 0) is 170 Å². The van der Waals surface area contributed by atoms with Crippen LogP contribution in [0.3, 0.4) is 0 Å². The summed E-state index contributed by atoms with van der Waals surface area (Å²) in [4.78, 5) is 5.05. The summed E-state index contributed by atoms with van der Waals surface area (Å²) < 4.78 is 77.7. The van der Waals surface area contributed by atoms with Gasteiger partial charge in [0.05, 0.1) is 33.4 Å². The molecule has 19 rings (SSSR count). The highest BCUT2D eigenvalue weighted by Crippen LogP contribution is 2.56. The van der Waals surface area contributed by atoms with Gasteiger partial charge in [0.1, 0.15) is 0 Å². The van der Waals surface area contributed by atoms with E-state index >= 15 is 0 Å². The molecular formula is C104H82BN3Si. The van der Waals surface area contributed by atoms with Crippen molar-refractivity contribution in [3.63, 3.8) is 0 Å². The van der Waals surface area contributed by atoms with Crippen LogP contribution in [-0.4, -0.2) is 19.4 Å². The predicted octanol–water partition coefficient (Wildman–Crippen LogP) is 22.8. The first-order valence-corrected chi connectivity index (χ1v) is 39.7. The predicted molar refractivity (Wildman–Crippen MR) is 468 cm³/mol. The summed E-state index contributed by atoms with van der Waals surface area (Å²) in [5.41, 5.74) is 22.7. The van der Waals surface area contributed by atoms with Crippen LogP contribution in [-0.2, 0) is 10.8 Å². The standard InChI is InChI=1S/C104H82BN3Si/c1-103(2,3)79-66-88(73-37-17-8-18-38-73)101(89(67-79)74-39-19-9-20-40-74)107-96-63-77(72-55-59-85(60-56-72)109(82-45-25-12-26-46-82,83-47-27-13-28-48-83)84-49-29-14-30-50-84)57-61-92(96)105-93-62-58-81(106-94-53-33-31-51-86(94)87-52-32-34-54-95(87)106)70-97(93)108(99-65-78(64-98(107)100(99)105)71-35-15-7-16-36-71)102-90(75-41-21-10-22-42-75)68-80(104(4,5)6)69-91(102)76-43-23-11-24-44-76/h7-70H,1-6H3/i31D,32D,33D,34D,51D,52D,53D,54D. The van der Waals surface area contributed by atoms with Crippen molar-refractivity contribution < 1.29 is 11.0 Å². The van der Waals surface area contributed by atoms with E-state index in [-0.39, 0.29) is 44.7 Å². The van der Waals surface area contributed by atoms with Gasteiger partial charge in [-0.1, -0.05) is 363 Å². The number of nitrogens with zero attached hydrogens (tertiary/aromatic N) is 3. The Morgan fingerprint density at radius 2 is 0.596 bits per heavy atom. The van der Waals surface area contributed by atoms with Crippen molar-refractivity contribution in [1.82, 2.24) is 4.57 Å². The molecule has 0 unspecified atom stereocenters. The van der Waals surface area contributed by atoms with E-state index < -0.39 is 51.0 Å². The van der Waals surface area contributed by atoms with E-state index in [9.17, 15) is 8.22 Å². The molecule has 0 saturated heterocycles. The monoisotopic (exact) mass is 1420 g/mol. The van der Waals surface area contributed by atoms with E-state index in [4.69, 9.17) is 2.74 Å². The second-order valence-corrected chi connectivity index (χ2v) is 34.7. The minimum Gasteiger partial charge on any atom is -0.310 e. The summed E-state index contributed by atoms with van der Waals surface area (Å²) in [6.07, 6.45) is 0. The second kappa shape index (κ2) is 26.9. The molecule has 0 atom stereocenters. The van der Waals surface area contributed by atoms with Crippen molar-refractivity contribution in [3.05, 3.63) is 399 Å². The molecule has 520 valence electrons. The number of hydrogen-bond donors (Lipinski definition) is 0. The Labute approximate surface area is 653 Å². The zero-order chi connectivity index (χ0) is 80.5. The van der Waals surface area contributed by atoms with E-state index in [1.807, 2.05) is 6.07 Å². The van der Waals surface area contributed by atoms with Crippen LogP contribution in [0.1, 0.15) is 63.6 Å². The van der Waals surface area contributed by atoms with Gasteiger partial charge in [0, 0.05) is 61.5 Å². The molecule has 0 saturated carbocycles. The van der Waals surface area contributed by atoms with E-state index in [1.54, 1.807) is 4.57 Å². The van der Waals surface area contributed by atoms with Crippen LogP contribution >= 0.6 is 0 Å². The van der Waals surface area contributed by atoms with E-state index in [0.29, 0.717) is 5.69 Å². The maximum absolute atomic E-state index is 9.91. The van der Waals surface area contributed by atoms with Crippen LogP contribution in [0.15, 0.2) is 388 Å². The third kappa shape index (κ3) is 11.4. The van der Waals surface area contributed by atoms with Crippen LogP contribution in [0.25, 0.3) is 94.3 Å². The van der Waals surface area contributed by atoms with Crippen molar-refractivity contribution >= 4 is 108 Å². The van der Waals surface area contributed by atoms with Gasteiger partial charge >= 0.3 is 0 Å². The SMILES string of the molecule is [2H]c1c([2H])c([2H])c2c(c1[2H])c1c([2H])c([2H])c([2H])c([2H])c1n2-c1ccc2c(c1)N(c1c(-c3ccccc3)cc(C(C)(C)C)cc1-c1ccccc1)c1cc(-c3ccccc3)cc3c1B2c1ccc(-c2ccc([Si](c4ccccc4)(c4ccccc4)c4ccccc4)cc2)cc1N3c1c(-c2ccccc2)cc(C(C)(C)C)cc1-c1ccccc1. The van der Waals surface area contributed by atoms with Crippen LogP contribution in [0.5, 0.6) is 0 Å². The van der Waals surface area contributed by atoms with Crippen LogP contribution < -0.4 is 46.9 Å². The van der Waals surface area contributed by atoms with Crippen molar-refractivity contribution in [3.8, 4) is 72.4 Å². The second-order valence-electron chi connectivity index (χ2n) is 30.9. The first-order chi connectivity index (χ1) is 56.7. The Kier molecular flexibility index (Phi) is 14.4. The van der Waals surface area contributed by atoms with Gasteiger partial charge in [-0.2, -0.15) is 0 Å². The zero-order valence-electron chi connectivity index (χ0n) is 69.8. The lowest BCUT2D eigenvalue weighted by Gasteiger charge is -2.46. The van der Waals surface area contributed by atoms with Crippen LogP contribution in [0, 0.1) is 0 Å². The normalized spacial score (nSPS) is 13.7. The lowest BCUT2D eigenvalue weighted by atomic mass is 9.33. The molecule has 2 aliphatic heterocycles. The smallest absolute Gasteiger partial charge is 0.252 e. The molecule has 3 heterocycles. The molecule has 17 aromatic rings. The van der Waals surface area contributed by atoms with E-state index in [1.165, 1.54) is 26.3 Å². The molecule has 16 aromatic carbocycles. The highest BCUT2D eigenvalue weighted by Gasteiger charge is 2.47. The fraction of sp³-hybridized carbons (Fsp3) is 0.0769. The van der Waals surface area contributed by atoms with Gasteiger partial charge in [0.15, 0.2) is 8.07 Å². The first kappa shape index (κ1) is 58.4. The summed E-state index contributed by atoms with van der Waals surface area (Å²) in [5.74, 6) is 0. The Morgan fingerprint density at radius 1 is 0.284 bits per heavy atom. The highest BCUT2D eigenvalue weighted by molar-refractivity contribution is 7.20. The molecule has 0 spiro atoms. The summed E-state index contributed by atoms with van der Waals surface area (Å²) in [6.45, 7) is 13.2. The van der Waals surface area contributed by atoms with Gasteiger partial charge in [0.2, 0.25) is 0 Å². The Balaban J connectivity index is 0.981. The van der Waals surface area contributed by atoms with Crippen molar-refractivity contribution in [2.45, 2.75) is 52.4 Å². The number of benzene rings is 16. The number of rotatable bonds is 13. The molecule has 0 N–H and O–H groups in total. The lowest BCUT2D eigenvalue weighted by Crippen LogP contribution is -2.74. The molecule has 0 amide bonds. The highest BCUT2D eigenvalue weighted by atomic mass is 28.3. The molecule has 1 aromatic heterocycles. The van der Waals surface area contributed by atoms with Gasteiger partial charge in [-0.3, -0.25) is 0 Å². The number of para-hydroxylation sites is 2. The van der Waals surface area contributed by atoms with Gasteiger partial charge in [0.25, 0.3) is 6.71 Å². The topological polar surface area (TPSA) is 11.4 Å². The Morgan fingerprint density at radius 3 is 0.982 bits per heavy atom. The zero-order valence-corrected chi connectivity index (χ0v) is 62.8. The molecule has 0 radical (unpaired) electrons. The molecule has 0 bridgehead atoms. The molecule has 0 fully saturated rings. The average Bonchev–Trinajstić information content (AvgIpc) is 1.17. The number of aromatic nitrogens is 1. The Bertz CT molecular complexity index is 6490. The fourth-order valence-corrected chi connectivity index (χ4v) is 21.9. The van der Waals surface area contributed by atoms with Crippen molar-refractivity contribution in [1.29, 1.82) is 0 Å². The molecular weight excluding hydrogens is 1330 g/mol. The van der Waals surface area contributed by atoms with Crippen molar-refractivity contribution in [2.75, 3.05) is 9.80 Å². The minimum absolute atomic E-state index is 0.00701. The average molecular weight is 1420 g/mol. The van der Waals surface area contributed by atoms with Crippen LogP contribution in [0.2, 0.25) is 0 Å². The van der Waals surface area contributed by atoms with Gasteiger partial charge in [-0.15, -0.1) is 0 Å². The molecule has 5 heteroatoms. The summed E-state index contributed by atoms with van der Waals surface area (Å²) >= 11 is 0. The molecule has 2 aliphatic rings. The third-order valence-corrected chi connectivity index (χ3v) is 27.3. The maximum Gasteiger partial charge on any atom is 0.252 e. The number of anilines is 6. The third-order valence-electron chi connectivity index (χ3n) is 22.5. The molecule has 109 heavy (non-hydrogen) atoms. The lowest BCUT2D eigenvalue weighted by molar-refractivity contribution is 0.590.